The first-order valence-corrected chi connectivity index (χ1v) is 6.10. The molecule has 3 aromatic rings. The van der Waals surface area contributed by atoms with Crippen LogP contribution >= 0.6 is 0 Å². The van der Waals surface area contributed by atoms with Crippen molar-refractivity contribution in [3.63, 3.8) is 0 Å². The molecule has 0 unspecified atom stereocenters. The Labute approximate surface area is 114 Å². The van der Waals surface area contributed by atoms with Crippen LogP contribution in [-0.2, 0) is 11.3 Å². The van der Waals surface area contributed by atoms with Crippen LogP contribution in [0.5, 0.6) is 0 Å². The first-order valence-electron chi connectivity index (χ1n) is 6.10. The van der Waals surface area contributed by atoms with E-state index in [9.17, 15) is 4.79 Å². The second-order valence-corrected chi connectivity index (χ2v) is 4.51. The van der Waals surface area contributed by atoms with E-state index < -0.39 is 5.97 Å². The summed E-state index contributed by atoms with van der Waals surface area (Å²) >= 11 is 0. The molecule has 6 heteroatoms. The third kappa shape index (κ3) is 2.11. The van der Waals surface area contributed by atoms with Gasteiger partial charge in [0.25, 0.3) is 0 Å². The van der Waals surface area contributed by atoms with Gasteiger partial charge >= 0.3 is 5.97 Å². The van der Waals surface area contributed by atoms with Crippen LogP contribution < -0.4 is 0 Å². The summed E-state index contributed by atoms with van der Waals surface area (Å²) < 4.78 is 1.59. The van der Waals surface area contributed by atoms with Gasteiger partial charge in [0.1, 0.15) is 17.9 Å². The van der Waals surface area contributed by atoms with Crippen molar-refractivity contribution in [1.82, 2.24) is 19.5 Å². The number of imidazole rings is 1. The number of pyridine rings is 2. The lowest BCUT2D eigenvalue weighted by molar-refractivity contribution is -0.137. The van der Waals surface area contributed by atoms with Crippen LogP contribution in [-0.4, -0.2) is 30.6 Å². The molecule has 6 nitrogen and oxygen atoms in total. The zero-order valence-corrected chi connectivity index (χ0v) is 10.8. The summed E-state index contributed by atoms with van der Waals surface area (Å²) in [6.45, 7) is 1.74. The molecule has 0 aromatic carbocycles. The molecule has 3 rings (SSSR count). The number of carbonyl (C=O) groups is 1. The van der Waals surface area contributed by atoms with Crippen LogP contribution in [0.15, 0.2) is 36.8 Å². The Kier molecular flexibility index (Phi) is 2.90. The van der Waals surface area contributed by atoms with E-state index in [0.29, 0.717) is 17.0 Å². The van der Waals surface area contributed by atoms with E-state index in [0.717, 1.165) is 11.1 Å². The highest BCUT2D eigenvalue weighted by Crippen LogP contribution is 2.23. The van der Waals surface area contributed by atoms with Crippen LogP contribution in [0.25, 0.3) is 22.6 Å². The van der Waals surface area contributed by atoms with Gasteiger partial charge in [0.15, 0.2) is 5.65 Å². The zero-order chi connectivity index (χ0) is 14.1. The van der Waals surface area contributed by atoms with Crippen molar-refractivity contribution >= 4 is 17.1 Å². The number of fused-ring (bicyclic) bond motifs is 1. The maximum atomic E-state index is 11.1. The quantitative estimate of drug-likeness (QED) is 0.784. The number of aromatic nitrogens is 4. The third-order valence-corrected chi connectivity index (χ3v) is 2.93. The summed E-state index contributed by atoms with van der Waals surface area (Å²) in [4.78, 5) is 23.9. The lowest BCUT2D eigenvalue weighted by Crippen LogP contribution is -2.10. The minimum atomic E-state index is -0.934. The molecular weight excluding hydrogens is 256 g/mol. The Balaban J connectivity index is 2.27. The monoisotopic (exact) mass is 268 g/mol. The molecule has 0 aliphatic carbocycles. The van der Waals surface area contributed by atoms with E-state index in [2.05, 4.69) is 15.0 Å². The topological polar surface area (TPSA) is 80.9 Å². The zero-order valence-electron chi connectivity index (χ0n) is 10.8. The Morgan fingerprint density at radius 2 is 2.25 bits per heavy atom. The summed E-state index contributed by atoms with van der Waals surface area (Å²) in [6.07, 6.45) is 5.03. The van der Waals surface area contributed by atoms with Crippen LogP contribution in [0.1, 0.15) is 5.56 Å². The lowest BCUT2D eigenvalue weighted by Gasteiger charge is -2.05. The fourth-order valence-corrected chi connectivity index (χ4v) is 2.11. The largest absolute Gasteiger partial charge is 0.480 e. The summed E-state index contributed by atoms with van der Waals surface area (Å²) in [6, 6.07) is 5.53. The minimum absolute atomic E-state index is 0.184. The SMILES string of the molecule is Cc1cnc2c(c1)nc(-c1cccnc1)n2CC(=O)O. The van der Waals surface area contributed by atoms with Crippen molar-refractivity contribution in [2.75, 3.05) is 0 Å². The van der Waals surface area contributed by atoms with E-state index >= 15 is 0 Å². The summed E-state index contributed by atoms with van der Waals surface area (Å²) in [5.41, 5.74) is 3.00. The van der Waals surface area contributed by atoms with E-state index in [1.807, 2.05) is 19.1 Å². The average Bonchev–Trinajstić information content (AvgIpc) is 2.77. The van der Waals surface area contributed by atoms with Gasteiger partial charge in [0.05, 0.1) is 0 Å². The number of hydrogen-bond acceptors (Lipinski definition) is 4. The van der Waals surface area contributed by atoms with Gasteiger partial charge in [-0.2, -0.15) is 0 Å². The maximum absolute atomic E-state index is 11.1. The maximum Gasteiger partial charge on any atom is 0.323 e. The molecule has 20 heavy (non-hydrogen) atoms. The van der Waals surface area contributed by atoms with Crippen molar-refractivity contribution in [1.29, 1.82) is 0 Å². The van der Waals surface area contributed by atoms with Gasteiger partial charge in [-0.3, -0.25) is 14.3 Å². The van der Waals surface area contributed by atoms with Gasteiger partial charge in [0.2, 0.25) is 0 Å². The van der Waals surface area contributed by atoms with Gasteiger partial charge in [-0.15, -0.1) is 0 Å². The second kappa shape index (κ2) is 4.73. The number of rotatable bonds is 3. The van der Waals surface area contributed by atoms with Crippen LogP contribution in [0, 0.1) is 6.92 Å². The minimum Gasteiger partial charge on any atom is -0.480 e. The fraction of sp³-hybridized carbons (Fsp3) is 0.143. The third-order valence-electron chi connectivity index (χ3n) is 2.93. The lowest BCUT2D eigenvalue weighted by atomic mass is 10.3. The molecule has 0 amide bonds. The number of carboxylic acids is 1. The molecule has 0 radical (unpaired) electrons. The molecule has 0 aliphatic heterocycles. The number of aryl methyl sites for hydroxylation is 1. The second-order valence-electron chi connectivity index (χ2n) is 4.51. The fourth-order valence-electron chi connectivity index (χ4n) is 2.11. The Hall–Kier alpha value is -2.76. The molecule has 3 aromatic heterocycles. The van der Waals surface area contributed by atoms with Crippen molar-refractivity contribution < 1.29 is 9.90 Å². The number of hydrogen-bond donors (Lipinski definition) is 1. The van der Waals surface area contributed by atoms with E-state index in [1.165, 1.54) is 0 Å². The van der Waals surface area contributed by atoms with Crippen molar-refractivity contribution in [2.24, 2.45) is 0 Å². The highest BCUT2D eigenvalue weighted by Gasteiger charge is 2.15. The molecule has 0 fully saturated rings. The standard InChI is InChI=1S/C14H12N4O2/c1-9-5-11-14(16-6-9)18(8-12(19)20)13(17-11)10-3-2-4-15-7-10/h2-7H,8H2,1H3,(H,19,20). The van der Waals surface area contributed by atoms with E-state index in [-0.39, 0.29) is 6.54 Å². The Bertz CT molecular complexity index is 780. The molecular formula is C14H12N4O2. The van der Waals surface area contributed by atoms with Gasteiger partial charge in [-0.1, -0.05) is 0 Å². The highest BCUT2D eigenvalue weighted by atomic mass is 16.4. The Morgan fingerprint density at radius 3 is 2.95 bits per heavy atom. The molecule has 100 valence electrons. The molecule has 3 heterocycles. The summed E-state index contributed by atoms with van der Waals surface area (Å²) in [7, 11) is 0. The first kappa shape index (κ1) is 12.3. The smallest absolute Gasteiger partial charge is 0.323 e. The number of aliphatic carboxylic acids is 1. The van der Waals surface area contributed by atoms with Crippen LogP contribution in [0.2, 0.25) is 0 Å². The predicted octanol–water partition coefficient (Wildman–Crippen LogP) is 1.89. The van der Waals surface area contributed by atoms with Crippen LogP contribution in [0.3, 0.4) is 0 Å². The molecule has 0 spiro atoms. The highest BCUT2D eigenvalue weighted by molar-refractivity contribution is 5.80. The summed E-state index contributed by atoms with van der Waals surface area (Å²) in [5, 5.41) is 9.08. The van der Waals surface area contributed by atoms with Crippen molar-refractivity contribution in [3.05, 3.63) is 42.4 Å². The molecule has 0 saturated heterocycles. The normalized spacial score (nSPS) is 10.8. The summed E-state index contributed by atoms with van der Waals surface area (Å²) in [5.74, 6) is -0.370. The van der Waals surface area contributed by atoms with Gasteiger partial charge in [-0.25, -0.2) is 9.97 Å². The van der Waals surface area contributed by atoms with E-state index in [1.54, 1.807) is 29.2 Å². The van der Waals surface area contributed by atoms with Crippen LogP contribution in [0.4, 0.5) is 0 Å². The first-order chi connectivity index (χ1) is 9.65. The number of carboxylic acid groups (broad SMARTS) is 1. The van der Waals surface area contributed by atoms with Gasteiger partial charge < -0.3 is 5.11 Å². The van der Waals surface area contributed by atoms with Gasteiger partial charge in [-0.05, 0) is 30.7 Å². The molecule has 1 N–H and O–H groups in total. The van der Waals surface area contributed by atoms with E-state index in [4.69, 9.17) is 5.11 Å². The molecule has 0 bridgehead atoms. The molecule has 0 aliphatic rings. The van der Waals surface area contributed by atoms with Crippen molar-refractivity contribution in [2.45, 2.75) is 13.5 Å². The van der Waals surface area contributed by atoms with Crippen molar-refractivity contribution in [3.8, 4) is 11.4 Å². The molecule has 0 atom stereocenters. The van der Waals surface area contributed by atoms with Gasteiger partial charge in [0, 0.05) is 24.2 Å². The average molecular weight is 268 g/mol. The number of nitrogens with zero attached hydrogens (tertiary/aromatic N) is 4. The Morgan fingerprint density at radius 1 is 1.40 bits per heavy atom. The predicted molar refractivity (Wildman–Crippen MR) is 73.1 cm³/mol. The molecule has 0 saturated carbocycles.